The molecule has 0 bridgehead atoms. The van der Waals surface area contributed by atoms with Gasteiger partial charge in [-0.3, -0.25) is 4.79 Å². The summed E-state index contributed by atoms with van der Waals surface area (Å²) >= 11 is 6.12. The summed E-state index contributed by atoms with van der Waals surface area (Å²) in [6, 6.07) is 6.04. The molecule has 1 amide bonds. The first-order valence-electron chi connectivity index (χ1n) is 6.55. The molecule has 1 saturated carbocycles. The molecule has 0 spiro atoms. The van der Waals surface area contributed by atoms with Gasteiger partial charge >= 0.3 is 0 Å². The zero-order chi connectivity index (χ0) is 13.7. The van der Waals surface area contributed by atoms with E-state index in [2.05, 4.69) is 10.6 Å². The van der Waals surface area contributed by atoms with Gasteiger partial charge in [-0.1, -0.05) is 23.7 Å². The molecule has 0 unspecified atom stereocenters. The van der Waals surface area contributed by atoms with Crippen molar-refractivity contribution in [3.8, 4) is 5.75 Å². The maximum absolute atomic E-state index is 11.5. The number of rotatable bonds is 7. The molecule has 1 aliphatic carbocycles. The van der Waals surface area contributed by atoms with E-state index in [1.807, 2.05) is 19.2 Å². The molecular formula is C14H19ClN2O2. The van der Waals surface area contributed by atoms with Crippen molar-refractivity contribution in [2.45, 2.75) is 31.8 Å². The minimum atomic E-state index is 0.0460. The van der Waals surface area contributed by atoms with Crippen molar-refractivity contribution in [2.24, 2.45) is 0 Å². The second kappa shape index (κ2) is 6.78. The normalized spacial score (nSPS) is 14.2. The standard InChI is InChI=1S/C14H19ClN2O2/c1-16-9-10-3-2-4-12(15)14(10)19-8-7-13(18)17-11-5-6-11/h2-4,11,16H,5-9H2,1H3,(H,17,18). The van der Waals surface area contributed by atoms with Crippen LogP contribution in [0.25, 0.3) is 0 Å². The predicted molar refractivity (Wildman–Crippen MR) is 75.5 cm³/mol. The zero-order valence-electron chi connectivity index (χ0n) is 11.0. The third-order valence-electron chi connectivity index (χ3n) is 2.93. The highest BCUT2D eigenvalue weighted by Gasteiger charge is 2.22. The monoisotopic (exact) mass is 282 g/mol. The summed E-state index contributed by atoms with van der Waals surface area (Å²) < 4.78 is 5.66. The molecule has 2 rings (SSSR count). The summed E-state index contributed by atoms with van der Waals surface area (Å²) in [5, 5.41) is 6.58. The van der Waals surface area contributed by atoms with Gasteiger partial charge in [0.2, 0.25) is 5.91 Å². The van der Waals surface area contributed by atoms with Crippen LogP contribution in [0.15, 0.2) is 18.2 Å². The molecule has 104 valence electrons. The van der Waals surface area contributed by atoms with Crippen molar-refractivity contribution < 1.29 is 9.53 Å². The van der Waals surface area contributed by atoms with Crippen LogP contribution in [0.3, 0.4) is 0 Å². The lowest BCUT2D eigenvalue weighted by Gasteiger charge is -2.13. The van der Waals surface area contributed by atoms with Crippen molar-refractivity contribution in [3.05, 3.63) is 28.8 Å². The largest absolute Gasteiger partial charge is 0.491 e. The third-order valence-corrected chi connectivity index (χ3v) is 3.23. The highest BCUT2D eigenvalue weighted by molar-refractivity contribution is 6.32. The van der Waals surface area contributed by atoms with Gasteiger partial charge in [-0.15, -0.1) is 0 Å². The lowest BCUT2D eigenvalue weighted by Crippen LogP contribution is -2.26. The number of carbonyl (C=O) groups excluding carboxylic acids is 1. The summed E-state index contributed by atoms with van der Waals surface area (Å²) in [4.78, 5) is 11.5. The van der Waals surface area contributed by atoms with Gasteiger partial charge in [0.15, 0.2) is 0 Å². The molecule has 0 radical (unpaired) electrons. The number of ether oxygens (including phenoxy) is 1. The van der Waals surface area contributed by atoms with E-state index in [9.17, 15) is 4.79 Å². The number of nitrogens with one attached hydrogen (secondary N) is 2. The smallest absolute Gasteiger partial charge is 0.223 e. The number of hydrogen-bond donors (Lipinski definition) is 2. The zero-order valence-corrected chi connectivity index (χ0v) is 11.8. The number of hydrogen-bond acceptors (Lipinski definition) is 3. The van der Waals surface area contributed by atoms with Crippen molar-refractivity contribution in [1.29, 1.82) is 0 Å². The van der Waals surface area contributed by atoms with E-state index in [0.717, 1.165) is 18.4 Å². The Labute approximate surface area is 118 Å². The highest BCUT2D eigenvalue weighted by atomic mass is 35.5. The van der Waals surface area contributed by atoms with Gasteiger partial charge in [-0.05, 0) is 26.0 Å². The molecule has 0 aliphatic heterocycles. The van der Waals surface area contributed by atoms with E-state index in [0.29, 0.717) is 36.4 Å². The lowest BCUT2D eigenvalue weighted by molar-refractivity contribution is -0.121. The van der Waals surface area contributed by atoms with Crippen molar-refractivity contribution in [1.82, 2.24) is 10.6 Å². The Morgan fingerprint density at radius 3 is 2.95 bits per heavy atom. The van der Waals surface area contributed by atoms with Crippen LogP contribution in [-0.4, -0.2) is 25.6 Å². The number of benzene rings is 1. The first kappa shape index (κ1) is 14.2. The van der Waals surface area contributed by atoms with Crippen LogP contribution in [0.2, 0.25) is 5.02 Å². The molecule has 0 atom stereocenters. The molecule has 0 aromatic heterocycles. The topological polar surface area (TPSA) is 50.4 Å². The summed E-state index contributed by atoms with van der Waals surface area (Å²) in [6.45, 7) is 1.03. The maximum Gasteiger partial charge on any atom is 0.223 e. The minimum Gasteiger partial charge on any atom is -0.491 e. The van der Waals surface area contributed by atoms with Crippen LogP contribution >= 0.6 is 11.6 Å². The van der Waals surface area contributed by atoms with Crippen LogP contribution in [-0.2, 0) is 11.3 Å². The van der Waals surface area contributed by atoms with Crippen LogP contribution in [0.5, 0.6) is 5.75 Å². The van der Waals surface area contributed by atoms with Gasteiger partial charge in [0.25, 0.3) is 0 Å². The maximum atomic E-state index is 11.5. The molecule has 1 aromatic rings. The molecule has 19 heavy (non-hydrogen) atoms. The summed E-state index contributed by atoms with van der Waals surface area (Å²) in [5.41, 5.74) is 0.998. The fourth-order valence-electron chi connectivity index (χ4n) is 1.82. The van der Waals surface area contributed by atoms with Crippen LogP contribution < -0.4 is 15.4 Å². The van der Waals surface area contributed by atoms with Gasteiger partial charge in [0, 0.05) is 18.2 Å². The van der Waals surface area contributed by atoms with Crippen molar-refractivity contribution in [3.63, 3.8) is 0 Å². The van der Waals surface area contributed by atoms with Crippen molar-refractivity contribution >= 4 is 17.5 Å². The molecule has 0 heterocycles. The van der Waals surface area contributed by atoms with Crippen LogP contribution in [0.1, 0.15) is 24.8 Å². The van der Waals surface area contributed by atoms with E-state index in [1.54, 1.807) is 6.07 Å². The average Bonchev–Trinajstić information content (AvgIpc) is 3.17. The van der Waals surface area contributed by atoms with Crippen LogP contribution in [0.4, 0.5) is 0 Å². The molecule has 1 fully saturated rings. The van der Waals surface area contributed by atoms with Gasteiger partial charge in [-0.25, -0.2) is 0 Å². The first-order valence-corrected chi connectivity index (χ1v) is 6.92. The molecular weight excluding hydrogens is 264 g/mol. The van der Waals surface area contributed by atoms with E-state index in [1.165, 1.54) is 0 Å². The number of carbonyl (C=O) groups is 1. The predicted octanol–water partition coefficient (Wildman–Crippen LogP) is 2.11. The Kier molecular flexibility index (Phi) is 5.05. The Bertz CT molecular complexity index is 447. The van der Waals surface area contributed by atoms with Gasteiger partial charge in [0.1, 0.15) is 5.75 Å². The number of para-hydroxylation sites is 1. The van der Waals surface area contributed by atoms with Gasteiger partial charge in [-0.2, -0.15) is 0 Å². The Balaban J connectivity index is 1.85. The second-order valence-electron chi connectivity index (χ2n) is 4.70. The quantitative estimate of drug-likeness (QED) is 0.805. The highest BCUT2D eigenvalue weighted by Crippen LogP contribution is 2.28. The van der Waals surface area contributed by atoms with E-state index in [-0.39, 0.29) is 5.91 Å². The molecule has 4 nitrogen and oxygen atoms in total. The Morgan fingerprint density at radius 1 is 1.47 bits per heavy atom. The second-order valence-corrected chi connectivity index (χ2v) is 5.11. The van der Waals surface area contributed by atoms with Gasteiger partial charge in [0.05, 0.1) is 18.1 Å². The van der Waals surface area contributed by atoms with E-state index < -0.39 is 0 Å². The molecule has 1 aliphatic rings. The van der Waals surface area contributed by atoms with Gasteiger partial charge < -0.3 is 15.4 Å². The fourth-order valence-corrected chi connectivity index (χ4v) is 2.07. The first-order chi connectivity index (χ1) is 9.20. The molecule has 5 heteroatoms. The SMILES string of the molecule is CNCc1cccc(Cl)c1OCCC(=O)NC1CC1. The molecule has 2 N–H and O–H groups in total. The number of halogens is 1. The Hall–Kier alpha value is -1.26. The minimum absolute atomic E-state index is 0.0460. The summed E-state index contributed by atoms with van der Waals surface area (Å²) in [7, 11) is 1.87. The lowest BCUT2D eigenvalue weighted by atomic mass is 10.2. The van der Waals surface area contributed by atoms with E-state index >= 15 is 0 Å². The fraction of sp³-hybridized carbons (Fsp3) is 0.500. The molecule has 1 aromatic carbocycles. The van der Waals surface area contributed by atoms with E-state index in [4.69, 9.17) is 16.3 Å². The number of amides is 1. The average molecular weight is 283 g/mol. The molecule has 0 saturated heterocycles. The Morgan fingerprint density at radius 2 is 2.26 bits per heavy atom. The summed E-state index contributed by atoms with van der Waals surface area (Å²) in [6.07, 6.45) is 2.56. The third kappa shape index (κ3) is 4.40. The van der Waals surface area contributed by atoms with Crippen molar-refractivity contribution in [2.75, 3.05) is 13.7 Å². The van der Waals surface area contributed by atoms with Crippen LogP contribution in [0, 0.1) is 0 Å². The summed E-state index contributed by atoms with van der Waals surface area (Å²) in [5.74, 6) is 0.711.